The molecule has 2 aromatic heterocycles. The maximum absolute atomic E-state index is 11.9. The van der Waals surface area contributed by atoms with Crippen LogP contribution in [0.15, 0.2) is 38.0 Å². The fraction of sp³-hybridized carbons (Fsp3) is 0.250. The first-order valence-corrected chi connectivity index (χ1v) is 5.97. The summed E-state index contributed by atoms with van der Waals surface area (Å²) in [5.41, 5.74) is 0.472. The predicted molar refractivity (Wildman–Crippen MR) is 65.7 cm³/mol. The number of carbonyl (C=O) groups is 1. The Hall–Kier alpha value is -1.49. The lowest BCUT2D eigenvalue weighted by molar-refractivity contribution is 0.0933. The van der Waals surface area contributed by atoms with Crippen LogP contribution >= 0.6 is 15.9 Å². The van der Waals surface area contributed by atoms with Gasteiger partial charge in [-0.3, -0.25) is 4.79 Å². The van der Waals surface area contributed by atoms with Gasteiger partial charge in [0.05, 0.1) is 17.9 Å². The lowest BCUT2D eigenvalue weighted by atomic mass is 10.2. The Labute approximate surface area is 107 Å². The van der Waals surface area contributed by atoms with Crippen molar-refractivity contribution in [2.75, 3.05) is 0 Å². The van der Waals surface area contributed by atoms with Crippen molar-refractivity contribution in [3.8, 4) is 0 Å². The maximum Gasteiger partial charge on any atom is 0.256 e. The molecule has 0 spiro atoms. The summed E-state index contributed by atoms with van der Waals surface area (Å²) in [6, 6.07) is 5.15. The van der Waals surface area contributed by atoms with Crippen molar-refractivity contribution in [1.82, 2.24) is 5.32 Å². The third-order valence-electron chi connectivity index (χ3n) is 2.40. The minimum atomic E-state index is -0.202. The molecule has 0 saturated heterocycles. The average molecular weight is 298 g/mol. The number of carbonyl (C=O) groups excluding carboxylic acids is 1. The molecule has 0 aliphatic rings. The Balaban J connectivity index is 2.07. The van der Waals surface area contributed by atoms with Crippen LogP contribution in [-0.2, 0) is 0 Å². The third kappa shape index (κ3) is 2.61. The Morgan fingerprint density at radius 1 is 1.41 bits per heavy atom. The number of hydrogen-bond donors (Lipinski definition) is 1. The molecule has 0 bridgehead atoms. The molecule has 2 rings (SSSR count). The van der Waals surface area contributed by atoms with E-state index in [-0.39, 0.29) is 11.9 Å². The molecular formula is C12H12BrNO3. The third-order valence-corrected chi connectivity index (χ3v) is 3.01. The first-order chi connectivity index (χ1) is 8.08. The quantitative estimate of drug-likeness (QED) is 0.944. The number of furan rings is 2. The van der Waals surface area contributed by atoms with Crippen molar-refractivity contribution in [3.05, 3.63) is 46.2 Å². The molecule has 0 radical (unpaired) electrons. The summed E-state index contributed by atoms with van der Waals surface area (Å²) in [5, 5.41) is 2.83. The van der Waals surface area contributed by atoms with E-state index in [9.17, 15) is 4.79 Å². The van der Waals surface area contributed by atoms with Crippen LogP contribution < -0.4 is 5.32 Å². The second-order valence-corrected chi connectivity index (χ2v) is 4.47. The number of nitrogens with one attached hydrogen (secondary N) is 1. The van der Waals surface area contributed by atoms with E-state index in [0.717, 1.165) is 11.5 Å². The van der Waals surface area contributed by atoms with E-state index >= 15 is 0 Å². The minimum Gasteiger partial charge on any atom is -0.464 e. The molecule has 0 saturated carbocycles. The molecule has 1 amide bonds. The zero-order chi connectivity index (χ0) is 12.4. The Kier molecular flexibility index (Phi) is 3.38. The summed E-state index contributed by atoms with van der Waals surface area (Å²) < 4.78 is 10.9. The van der Waals surface area contributed by atoms with E-state index in [1.807, 2.05) is 26.0 Å². The molecule has 90 valence electrons. The van der Waals surface area contributed by atoms with Crippen LogP contribution in [0.5, 0.6) is 0 Å². The molecule has 0 aliphatic heterocycles. The van der Waals surface area contributed by atoms with E-state index in [4.69, 9.17) is 8.83 Å². The Bertz CT molecular complexity index is 529. The number of aryl methyl sites for hydroxylation is 1. The standard InChI is InChI=1S/C12H12BrNO3/c1-7-3-4-10(17-7)8(2)14-12(15)9-5-6-16-11(9)13/h3-6,8H,1-2H3,(H,14,15). The van der Waals surface area contributed by atoms with E-state index in [1.165, 1.54) is 6.26 Å². The molecule has 0 fully saturated rings. The average Bonchev–Trinajstić information content (AvgIpc) is 2.86. The second-order valence-electron chi connectivity index (χ2n) is 3.75. The van der Waals surface area contributed by atoms with Gasteiger partial charge in [-0.15, -0.1) is 0 Å². The maximum atomic E-state index is 11.9. The van der Waals surface area contributed by atoms with Crippen molar-refractivity contribution in [1.29, 1.82) is 0 Å². The highest BCUT2D eigenvalue weighted by Crippen LogP contribution is 2.20. The van der Waals surface area contributed by atoms with Crippen LogP contribution in [0.2, 0.25) is 0 Å². The fourth-order valence-corrected chi connectivity index (χ4v) is 1.91. The molecule has 0 aromatic carbocycles. The Morgan fingerprint density at radius 3 is 2.71 bits per heavy atom. The molecule has 2 heterocycles. The van der Waals surface area contributed by atoms with Gasteiger partial charge in [0.2, 0.25) is 0 Å². The van der Waals surface area contributed by atoms with E-state index < -0.39 is 0 Å². The number of rotatable bonds is 3. The summed E-state index contributed by atoms with van der Waals surface area (Å²) in [4.78, 5) is 11.9. The van der Waals surface area contributed by atoms with Crippen LogP contribution in [0.1, 0.15) is 34.8 Å². The molecule has 5 heteroatoms. The SMILES string of the molecule is Cc1ccc(C(C)NC(=O)c2ccoc2Br)o1. The Morgan fingerprint density at radius 2 is 2.18 bits per heavy atom. The largest absolute Gasteiger partial charge is 0.464 e. The summed E-state index contributed by atoms with van der Waals surface area (Å²) in [6.45, 7) is 3.73. The van der Waals surface area contributed by atoms with Crippen molar-refractivity contribution < 1.29 is 13.6 Å². The van der Waals surface area contributed by atoms with E-state index in [2.05, 4.69) is 21.2 Å². The van der Waals surface area contributed by atoms with Gasteiger partial charge in [0, 0.05) is 0 Å². The van der Waals surface area contributed by atoms with Gasteiger partial charge in [-0.1, -0.05) is 0 Å². The van der Waals surface area contributed by atoms with Crippen LogP contribution in [0, 0.1) is 6.92 Å². The predicted octanol–water partition coefficient (Wildman–Crippen LogP) is 3.43. The van der Waals surface area contributed by atoms with Gasteiger partial charge in [-0.25, -0.2) is 0 Å². The molecule has 1 unspecified atom stereocenters. The zero-order valence-corrected chi connectivity index (χ0v) is 11.1. The highest BCUT2D eigenvalue weighted by Gasteiger charge is 2.17. The van der Waals surface area contributed by atoms with Crippen LogP contribution in [0.25, 0.3) is 0 Å². The summed E-state index contributed by atoms with van der Waals surface area (Å²) >= 11 is 3.17. The first-order valence-electron chi connectivity index (χ1n) is 5.18. The summed E-state index contributed by atoms with van der Waals surface area (Å²) in [7, 11) is 0. The van der Waals surface area contributed by atoms with Gasteiger partial charge in [0.15, 0.2) is 4.67 Å². The fourth-order valence-electron chi connectivity index (χ4n) is 1.49. The van der Waals surface area contributed by atoms with Crippen molar-refractivity contribution in [2.24, 2.45) is 0 Å². The molecule has 4 nitrogen and oxygen atoms in total. The number of hydrogen-bond acceptors (Lipinski definition) is 3. The van der Waals surface area contributed by atoms with Crippen molar-refractivity contribution in [3.63, 3.8) is 0 Å². The molecule has 2 aromatic rings. The highest BCUT2D eigenvalue weighted by molar-refractivity contribution is 9.10. The van der Waals surface area contributed by atoms with Gasteiger partial charge in [0.25, 0.3) is 5.91 Å². The highest BCUT2D eigenvalue weighted by atomic mass is 79.9. The molecule has 1 N–H and O–H groups in total. The van der Waals surface area contributed by atoms with Gasteiger partial charge >= 0.3 is 0 Å². The summed E-state index contributed by atoms with van der Waals surface area (Å²) in [6.07, 6.45) is 1.46. The van der Waals surface area contributed by atoms with Crippen LogP contribution in [-0.4, -0.2) is 5.91 Å². The van der Waals surface area contributed by atoms with E-state index in [1.54, 1.807) is 6.07 Å². The normalized spacial score (nSPS) is 12.4. The summed E-state index contributed by atoms with van der Waals surface area (Å²) in [5.74, 6) is 1.35. The molecule has 17 heavy (non-hydrogen) atoms. The molecule has 0 aliphatic carbocycles. The first kappa shape index (κ1) is 12.0. The van der Waals surface area contributed by atoms with Crippen molar-refractivity contribution >= 4 is 21.8 Å². The van der Waals surface area contributed by atoms with Gasteiger partial charge in [-0.05, 0) is 48.0 Å². The number of amides is 1. The van der Waals surface area contributed by atoms with Gasteiger partial charge in [0.1, 0.15) is 11.5 Å². The lowest BCUT2D eigenvalue weighted by Gasteiger charge is -2.10. The van der Waals surface area contributed by atoms with Crippen LogP contribution in [0.4, 0.5) is 0 Å². The smallest absolute Gasteiger partial charge is 0.256 e. The van der Waals surface area contributed by atoms with E-state index in [0.29, 0.717) is 10.2 Å². The number of halogens is 1. The molecular weight excluding hydrogens is 286 g/mol. The minimum absolute atomic E-state index is 0.182. The van der Waals surface area contributed by atoms with Gasteiger partial charge in [-0.2, -0.15) is 0 Å². The second kappa shape index (κ2) is 4.79. The lowest BCUT2D eigenvalue weighted by Crippen LogP contribution is -2.26. The molecule has 1 atom stereocenters. The monoisotopic (exact) mass is 297 g/mol. The topological polar surface area (TPSA) is 55.4 Å². The van der Waals surface area contributed by atoms with Crippen LogP contribution in [0.3, 0.4) is 0 Å². The zero-order valence-electron chi connectivity index (χ0n) is 9.49. The van der Waals surface area contributed by atoms with Crippen molar-refractivity contribution in [2.45, 2.75) is 19.9 Å². The van der Waals surface area contributed by atoms with Gasteiger partial charge < -0.3 is 14.2 Å².